The molecular weight excluding hydrogens is 366 g/mol. The zero-order valence-corrected chi connectivity index (χ0v) is 17.1. The monoisotopic (exact) mass is 393 g/mol. The average molecular weight is 393 g/mol. The molecule has 5 heteroatoms. The SMILES string of the molecule is CC(C)(C)OC(=O)N1C2C=C(c3ccccc3Oc3ccccc3)CC1COC2. The summed E-state index contributed by atoms with van der Waals surface area (Å²) in [4.78, 5) is 14.6. The largest absolute Gasteiger partial charge is 0.457 e. The van der Waals surface area contributed by atoms with E-state index in [1.165, 1.54) is 5.57 Å². The lowest BCUT2D eigenvalue weighted by molar-refractivity contribution is -0.0510. The number of nitrogens with zero attached hydrogens (tertiary/aromatic N) is 1. The molecule has 29 heavy (non-hydrogen) atoms. The number of morpholine rings is 1. The van der Waals surface area contributed by atoms with Crippen molar-refractivity contribution in [3.05, 3.63) is 66.2 Å². The minimum absolute atomic E-state index is 0.0478. The third-order valence-electron chi connectivity index (χ3n) is 5.01. The van der Waals surface area contributed by atoms with E-state index >= 15 is 0 Å². The number of hydrogen-bond acceptors (Lipinski definition) is 4. The first-order valence-corrected chi connectivity index (χ1v) is 10.0. The average Bonchev–Trinajstić information content (AvgIpc) is 2.67. The fraction of sp³-hybridized carbons (Fsp3) is 0.375. The number of amides is 1. The molecule has 0 spiro atoms. The molecule has 2 aliphatic rings. The predicted molar refractivity (Wildman–Crippen MR) is 112 cm³/mol. The third kappa shape index (κ3) is 4.46. The van der Waals surface area contributed by atoms with Gasteiger partial charge in [0.1, 0.15) is 17.1 Å². The van der Waals surface area contributed by atoms with Gasteiger partial charge in [-0.1, -0.05) is 42.5 Å². The second-order valence-electron chi connectivity index (χ2n) is 8.45. The molecule has 0 radical (unpaired) electrons. The van der Waals surface area contributed by atoms with Gasteiger partial charge in [-0.2, -0.15) is 0 Å². The van der Waals surface area contributed by atoms with Crippen LogP contribution in [0.15, 0.2) is 60.7 Å². The Morgan fingerprint density at radius 2 is 1.76 bits per heavy atom. The van der Waals surface area contributed by atoms with Crippen LogP contribution in [-0.2, 0) is 9.47 Å². The number of benzene rings is 2. The fourth-order valence-electron chi connectivity index (χ4n) is 3.83. The predicted octanol–water partition coefficient (Wildman–Crippen LogP) is 5.27. The van der Waals surface area contributed by atoms with Crippen LogP contribution in [0.5, 0.6) is 11.5 Å². The Bertz CT molecular complexity index is 901. The maximum absolute atomic E-state index is 12.8. The van der Waals surface area contributed by atoms with E-state index in [-0.39, 0.29) is 18.2 Å². The summed E-state index contributed by atoms with van der Waals surface area (Å²) in [6.45, 7) is 6.65. The molecule has 2 aliphatic heterocycles. The van der Waals surface area contributed by atoms with Crippen molar-refractivity contribution >= 4 is 11.7 Å². The van der Waals surface area contributed by atoms with Gasteiger partial charge in [-0.15, -0.1) is 0 Å². The van der Waals surface area contributed by atoms with E-state index in [4.69, 9.17) is 14.2 Å². The Morgan fingerprint density at radius 3 is 2.48 bits per heavy atom. The molecule has 2 aromatic rings. The van der Waals surface area contributed by atoms with Crippen molar-refractivity contribution in [3.63, 3.8) is 0 Å². The Hall–Kier alpha value is -2.79. The molecule has 0 saturated carbocycles. The van der Waals surface area contributed by atoms with Gasteiger partial charge in [-0.25, -0.2) is 4.79 Å². The summed E-state index contributed by atoms with van der Waals surface area (Å²) in [6.07, 6.45) is 2.54. The van der Waals surface area contributed by atoms with Crippen molar-refractivity contribution in [2.24, 2.45) is 0 Å². The lowest BCUT2D eigenvalue weighted by Gasteiger charge is -2.44. The van der Waals surface area contributed by atoms with E-state index < -0.39 is 5.60 Å². The molecular formula is C24H27NO4. The van der Waals surface area contributed by atoms with Crippen molar-refractivity contribution in [2.45, 2.75) is 44.9 Å². The van der Waals surface area contributed by atoms with Gasteiger partial charge in [0.25, 0.3) is 0 Å². The number of carbonyl (C=O) groups is 1. The van der Waals surface area contributed by atoms with Gasteiger partial charge in [0.05, 0.1) is 25.3 Å². The van der Waals surface area contributed by atoms with Crippen LogP contribution < -0.4 is 4.74 Å². The third-order valence-corrected chi connectivity index (χ3v) is 5.01. The highest BCUT2D eigenvalue weighted by molar-refractivity contribution is 5.77. The van der Waals surface area contributed by atoms with Crippen molar-refractivity contribution in [3.8, 4) is 11.5 Å². The van der Waals surface area contributed by atoms with E-state index in [2.05, 4.69) is 12.1 Å². The fourth-order valence-corrected chi connectivity index (χ4v) is 3.83. The van der Waals surface area contributed by atoms with Crippen LogP contribution in [-0.4, -0.2) is 41.9 Å². The molecule has 5 nitrogen and oxygen atoms in total. The molecule has 2 aromatic carbocycles. The van der Waals surface area contributed by atoms with Crippen LogP contribution in [0, 0.1) is 0 Å². The minimum atomic E-state index is -0.521. The number of para-hydroxylation sites is 2. The Labute approximate surface area is 171 Å². The summed E-state index contributed by atoms with van der Waals surface area (Å²) in [5.74, 6) is 1.62. The van der Waals surface area contributed by atoms with Crippen molar-refractivity contribution in [1.82, 2.24) is 4.90 Å². The van der Waals surface area contributed by atoms with E-state index in [9.17, 15) is 4.79 Å². The van der Waals surface area contributed by atoms with Gasteiger partial charge in [-0.3, -0.25) is 4.90 Å². The molecule has 2 heterocycles. The van der Waals surface area contributed by atoms with Crippen LogP contribution in [0.1, 0.15) is 32.8 Å². The molecule has 0 N–H and O–H groups in total. The summed E-state index contributed by atoms with van der Waals surface area (Å²) in [5, 5.41) is 0. The molecule has 2 bridgehead atoms. The van der Waals surface area contributed by atoms with Gasteiger partial charge >= 0.3 is 6.09 Å². The van der Waals surface area contributed by atoms with E-state index in [0.29, 0.717) is 19.6 Å². The quantitative estimate of drug-likeness (QED) is 0.713. The lowest BCUT2D eigenvalue weighted by atomic mass is 9.89. The standard InChI is InChI=1S/C24H27NO4/c1-24(2,3)29-23(26)25-18-13-17(14-19(25)16-27-15-18)21-11-7-8-12-22(21)28-20-9-5-4-6-10-20/h4-13,18-19H,14-16H2,1-3H3. The van der Waals surface area contributed by atoms with Gasteiger partial charge < -0.3 is 14.2 Å². The van der Waals surface area contributed by atoms with E-state index in [1.54, 1.807) is 0 Å². The zero-order chi connectivity index (χ0) is 20.4. The van der Waals surface area contributed by atoms with Gasteiger partial charge in [0, 0.05) is 5.56 Å². The summed E-state index contributed by atoms with van der Waals surface area (Å²) in [7, 11) is 0. The molecule has 0 aromatic heterocycles. The first-order chi connectivity index (χ1) is 13.9. The Balaban J connectivity index is 1.62. The highest BCUT2D eigenvalue weighted by Gasteiger charge is 2.40. The molecule has 2 atom stereocenters. The minimum Gasteiger partial charge on any atom is -0.457 e. The van der Waals surface area contributed by atoms with Crippen LogP contribution in [0.4, 0.5) is 4.79 Å². The molecule has 1 fully saturated rings. The van der Waals surface area contributed by atoms with Gasteiger partial charge in [-0.05, 0) is 51.0 Å². The molecule has 0 aliphatic carbocycles. The molecule has 152 valence electrons. The summed E-state index contributed by atoms with van der Waals surface area (Å²) in [6, 6.07) is 17.6. The topological polar surface area (TPSA) is 48.0 Å². The Morgan fingerprint density at radius 1 is 1.03 bits per heavy atom. The van der Waals surface area contributed by atoms with Gasteiger partial charge in [0.15, 0.2) is 0 Å². The molecule has 1 amide bonds. The maximum atomic E-state index is 12.8. The number of hydrogen-bond donors (Lipinski definition) is 0. The first-order valence-electron chi connectivity index (χ1n) is 10.0. The zero-order valence-electron chi connectivity index (χ0n) is 17.1. The van der Waals surface area contributed by atoms with Crippen LogP contribution in [0.2, 0.25) is 0 Å². The first kappa shape index (κ1) is 19.5. The number of rotatable bonds is 3. The van der Waals surface area contributed by atoms with Crippen LogP contribution in [0.25, 0.3) is 5.57 Å². The highest BCUT2D eigenvalue weighted by atomic mass is 16.6. The molecule has 2 unspecified atom stereocenters. The van der Waals surface area contributed by atoms with Crippen molar-refractivity contribution in [1.29, 1.82) is 0 Å². The summed E-state index contributed by atoms with van der Waals surface area (Å²) >= 11 is 0. The highest BCUT2D eigenvalue weighted by Crippen LogP contribution is 2.38. The molecule has 4 rings (SSSR count). The second kappa shape index (κ2) is 7.91. The number of fused-ring (bicyclic) bond motifs is 2. The van der Waals surface area contributed by atoms with Crippen molar-refractivity contribution < 1.29 is 19.0 Å². The summed E-state index contributed by atoms with van der Waals surface area (Å²) in [5.41, 5.74) is 1.71. The van der Waals surface area contributed by atoms with E-state index in [0.717, 1.165) is 17.1 Å². The number of carbonyl (C=O) groups excluding carboxylic acids is 1. The smallest absolute Gasteiger partial charge is 0.411 e. The van der Waals surface area contributed by atoms with Crippen LogP contribution in [0.3, 0.4) is 0 Å². The van der Waals surface area contributed by atoms with E-state index in [1.807, 2.05) is 74.2 Å². The Kier molecular flexibility index (Phi) is 5.33. The lowest BCUT2D eigenvalue weighted by Crippen LogP contribution is -2.57. The maximum Gasteiger partial charge on any atom is 0.411 e. The van der Waals surface area contributed by atoms with Crippen molar-refractivity contribution in [2.75, 3.05) is 13.2 Å². The normalized spacial score (nSPS) is 21.3. The van der Waals surface area contributed by atoms with Crippen LogP contribution >= 0.6 is 0 Å². The second-order valence-corrected chi connectivity index (χ2v) is 8.45. The van der Waals surface area contributed by atoms with Gasteiger partial charge in [0.2, 0.25) is 0 Å². The number of ether oxygens (including phenoxy) is 3. The summed E-state index contributed by atoms with van der Waals surface area (Å²) < 4.78 is 17.5. The molecule has 1 saturated heterocycles.